The Labute approximate surface area is 148 Å². The highest BCUT2D eigenvalue weighted by molar-refractivity contribution is 5.33. The Morgan fingerprint density at radius 2 is 1.75 bits per heavy atom. The van der Waals surface area contributed by atoms with Crippen molar-refractivity contribution in [2.24, 2.45) is 10.8 Å². The summed E-state index contributed by atoms with van der Waals surface area (Å²) in [4.78, 5) is 2.26. The predicted octanol–water partition coefficient (Wildman–Crippen LogP) is 5.15. The summed E-state index contributed by atoms with van der Waals surface area (Å²) in [5.41, 5.74) is 1.44. The van der Waals surface area contributed by atoms with Gasteiger partial charge in [0.25, 0.3) is 0 Å². The number of hydrogen-bond acceptors (Lipinski definition) is 2. The van der Waals surface area contributed by atoms with Crippen LogP contribution in [0.2, 0.25) is 0 Å². The van der Waals surface area contributed by atoms with Gasteiger partial charge in [-0.3, -0.25) is 4.90 Å². The lowest BCUT2D eigenvalue weighted by atomic mass is 9.98. The highest BCUT2D eigenvalue weighted by atomic mass is 16.5. The van der Waals surface area contributed by atoms with E-state index >= 15 is 0 Å². The van der Waals surface area contributed by atoms with Crippen molar-refractivity contribution in [2.75, 3.05) is 20.2 Å². The quantitative estimate of drug-likeness (QED) is 0.670. The molecule has 0 bridgehead atoms. The number of ether oxygens (including phenoxy) is 1. The normalized spacial score (nSPS) is 12.3. The Morgan fingerprint density at radius 3 is 2.38 bits per heavy atom. The number of allylic oxidation sites excluding steroid dienone is 1. The molecule has 0 unspecified atom stereocenters. The Hall–Kier alpha value is -1.72. The van der Waals surface area contributed by atoms with Gasteiger partial charge in [-0.1, -0.05) is 56.9 Å². The van der Waals surface area contributed by atoms with Crippen LogP contribution in [0.1, 0.15) is 47.1 Å². The van der Waals surface area contributed by atoms with E-state index in [2.05, 4.69) is 89.6 Å². The summed E-state index contributed by atoms with van der Waals surface area (Å²) < 4.78 is 6.02. The smallest absolute Gasteiger partial charge is 0.123 e. The Bertz CT molecular complexity index is 591. The van der Waals surface area contributed by atoms with Crippen molar-refractivity contribution in [3.63, 3.8) is 0 Å². The fourth-order valence-corrected chi connectivity index (χ4v) is 1.97. The number of para-hydroxylation sites is 1. The molecule has 1 aromatic carbocycles. The van der Waals surface area contributed by atoms with Gasteiger partial charge in [0.05, 0.1) is 6.61 Å². The van der Waals surface area contributed by atoms with Crippen molar-refractivity contribution in [1.29, 1.82) is 0 Å². The first-order valence-electron chi connectivity index (χ1n) is 8.64. The molecule has 0 heterocycles. The third-order valence-corrected chi connectivity index (χ3v) is 3.14. The van der Waals surface area contributed by atoms with E-state index in [9.17, 15) is 0 Å². The average Bonchev–Trinajstić information content (AvgIpc) is 2.44. The van der Waals surface area contributed by atoms with Crippen molar-refractivity contribution >= 4 is 0 Å². The van der Waals surface area contributed by atoms with Crippen molar-refractivity contribution < 1.29 is 4.74 Å². The van der Waals surface area contributed by atoms with Crippen LogP contribution in [0.15, 0.2) is 36.4 Å². The van der Waals surface area contributed by atoms with E-state index in [1.54, 1.807) is 0 Å². The van der Waals surface area contributed by atoms with Crippen LogP contribution < -0.4 is 4.74 Å². The molecule has 2 nitrogen and oxygen atoms in total. The van der Waals surface area contributed by atoms with Crippen LogP contribution in [0, 0.1) is 22.7 Å². The maximum atomic E-state index is 6.02. The molecule has 0 fully saturated rings. The minimum atomic E-state index is 0.0551. The number of rotatable bonds is 6. The Kier molecular flexibility index (Phi) is 7.58. The standard InChI is InChI=1S/C22H33NO/c1-21(2,3)15-11-8-12-16-23(7)17-19-13-9-10-14-20(19)24-18-22(4,5)6/h8-10,12-14H,16-18H2,1-7H3. The van der Waals surface area contributed by atoms with E-state index in [4.69, 9.17) is 4.74 Å². The van der Waals surface area contributed by atoms with E-state index in [0.717, 1.165) is 25.4 Å². The number of hydrogen-bond donors (Lipinski definition) is 0. The number of nitrogens with zero attached hydrogens (tertiary/aromatic N) is 1. The molecule has 0 aliphatic carbocycles. The second-order valence-corrected chi connectivity index (χ2v) is 8.58. The molecule has 0 atom stereocenters. The van der Waals surface area contributed by atoms with Crippen LogP contribution in [-0.2, 0) is 6.54 Å². The van der Waals surface area contributed by atoms with Crippen molar-refractivity contribution in [3.8, 4) is 17.6 Å². The lowest BCUT2D eigenvalue weighted by molar-refractivity contribution is 0.194. The molecule has 0 radical (unpaired) electrons. The molecular formula is C22H33NO. The van der Waals surface area contributed by atoms with Gasteiger partial charge < -0.3 is 4.74 Å². The van der Waals surface area contributed by atoms with Crippen LogP contribution in [0.3, 0.4) is 0 Å². The van der Waals surface area contributed by atoms with E-state index in [1.165, 1.54) is 5.56 Å². The molecule has 132 valence electrons. The first kappa shape index (κ1) is 20.3. The van der Waals surface area contributed by atoms with Crippen LogP contribution >= 0.6 is 0 Å². The summed E-state index contributed by atoms with van der Waals surface area (Å²) in [6.45, 7) is 15.4. The summed E-state index contributed by atoms with van der Waals surface area (Å²) >= 11 is 0. The fourth-order valence-electron chi connectivity index (χ4n) is 1.97. The molecule has 0 aliphatic heterocycles. The lowest BCUT2D eigenvalue weighted by Gasteiger charge is -2.22. The van der Waals surface area contributed by atoms with Gasteiger partial charge in [-0.2, -0.15) is 0 Å². The topological polar surface area (TPSA) is 12.5 Å². The largest absolute Gasteiger partial charge is 0.493 e. The third-order valence-electron chi connectivity index (χ3n) is 3.14. The monoisotopic (exact) mass is 327 g/mol. The molecule has 0 saturated heterocycles. The zero-order valence-corrected chi connectivity index (χ0v) is 16.4. The highest BCUT2D eigenvalue weighted by Gasteiger charge is 2.13. The van der Waals surface area contributed by atoms with Crippen molar-refractivity contribution in [1.82, 2.24) is 4.90 Å². The van der Waals surface area contributed by atoms with Gasteiger partial charge in [0.1, 0.15) is 5.75 Å². The van der Waals surface area contributed by atoms with Gasteiger partial charge in [-0.05, 0) is 45.4 Å². The number of benzene rings is 1. The van der Waals surface area contributed by atoms with Crippen LogP contribution in [0.5, 0.6) is 5.75 Å². The van der Waals surface area contributed by atoms with Gasteiger partial charge in [0.15, 0.2) is 0 Å². The molecule has 24 heavy (non-hydrogen) atoms. The molecule has 0 spiro atoms. The molecule has 0 aliphatic rings. The van der Waals surface area contributed by atoms with Crippen molar-refractivity contribution in [3.05, 3.63) is 42.0 Å². The maximum Gasteiger partial charge on any atom is 0.123 e. The zero-order valence-electron chi connectivity index (χ0n) is 16.4. The van der Waals surface area contributed by atoms with E-state index in [1.807, 2.05) is 12.1 Å². The Morgan fingerprint density at radius 1 is 1.08 bits per heavy atom. The summed E-state index contributed by atoms with van der Waals surface area (Å²) in [7, 11) is 2.11. The van der Waals surface area contributed by atoms with Gasteiger partial charge in [0.2, 0.25) is 0 Å². The molecule has 0 N–H and O–H groups in total. The van der Waals surface area contributed by atoms with Crippen molar-refractivity contribution in [2.45, 2.75) is 48.1 Å². The van der Waals surface area contributed by atoms with Gasteiger partial charge in [-0.25, -0.2) is 0 Å². The molecule has 2 heteroatoms. The van der Waals surface area contributed by atoms with E-state index in [0.29, 0.717) is 0 Å². The summed E-state index contributed by atoms with van der Waals surface area (Å²) in [5.74, 6) is 7.30. The lowest BCUT2D eigenvalue weighted by Crippen LogP contribution is -2.20. The molecule has 1 aromatic rings. The summed E-state index contributed by atoms with van der Waals surface area (Å²) in [6, 6.07) is 8.29. The number of likely N-dealkylation sites (N-methyl/N-ethyl adjacent to an activating group) is 1. The van der Waals surface area contributed by atoms with Gasteiger partial charge >= 0.3 is 0 Å². The summed E-state index contributed by atoms with van der Waals surface area (Å²) in [5, 5.41) is 0. The Balaban J connectivity index is 2.59. The predicted molar refractivity (Wildman–Crippen MR) is 104 cm³/mol. The van der Waals surface area contributed by atoms with E-state index in [-0.39, 0.29) is 10.8 Å². The fraction of sp³-hybridized carbons (Fsp3) is 0.545. The van der Waals surface area contributed by atoms with Gasteiger partial charge in [0, 0.05) is 24.1 Å². The maximum absolute atomic E-state index is 6.02. The molecule has 0 aromatic heterocycles. The van der Waals surface area contributed by atoms with E-state index < -0.39 is 0 Å². The minimum Gasteiger partial charge on any atom is -0.493 e. The molecule has 1 rings (SSSR count). The summed E-state index contributed by atoms with van der Waals surface area (Å²) in [6.07, 6.45) is 4.06. The first-order valence-corrected chi connectivity index (χ1v) is 8.64. The minimum absolute atomic E-state index is 0.0551. The molecule has 0 saturated carbocycles. The van der Waals surface area contributed by atoms with Gasteiger partial charge in [-0.15, -0.1) is 0 Å². The van der Waals surface area contributed by atoms with Crippen LogP contribution in [0.4, 0.5) is 0 Å². The third kappa shape index (κ3) is 9.43. The SMILES string of the molecule is CN(CC=CC#CC(C)(C)C)Cc1ccccc1OCC(C)(C)C. The molecule has 0 amide bonds. The zero-order chi connectivity index (χ0) is 18.2. The highest BCUT2D eigenvalue weighted by Crippen LogP contribution is 2.22. The van der Waals surface area contributed by atoms with Crippen LogP contribution in [0.25, 0.3) is 0 Å². The van der Waals surface area contributed by atoms with Crippen LogP contribution in [-0.4, -0.2) is 25.1 Å². The molecular weight excluding hydrogens is 294 g/mol. The first-order chi connectivity index (χ1) is 11.1. The average molecular weight is 328 g/mol. The second kappa shape index (κ2) is 8.94. The second-order valence-electron chi connectivity index (χ2n) is 8.58.